The maximum absolute atomic E-state index is 13.6. The van der Waals surface area contributed by atoms with Crippen LogP contribution in [-0.2, 0) is 0 Å². The van der Waals surface area contributed by atoms with E-state index in [0.717, 1.165) is 11.9 Å². The number of aromatic nitrogens is 1. The molecule has 2 aromatic rings. The topological polar surface area (TPSA) is 41.3 Å². The van der Waals surface area contributed by atoms with Crippen molar-refractivity contribution < 1.29 is 8.91 Å². The molecule has 0 radical (unpaired) electrons. The van der Waals surface area contributed by atoms with E-state index in [-0.39, 0.29) is 11.4 Å². The van der Waals surface area contributed by atoms with Crippen molar-refractivity contribution in [2.45, 2.75) is 18.9 Å². The summed E-state index contributed by atoms with van der Waals surface area (Å²) in [5, 5.41) is 8.17. The van der Waals surface area contributed by atoms with Crippen LogP contribution >= 0.6 is 0 Å². The Bertz CT molecular complexity index is 604. The van der Waals surface area contributed by atoms with Crippen LogP contribution < -0.4 is 5.32 Å². The number of nitrogens with zero attached hydrogens (tertiary/aromatic N) is 2. The Morgan fingerprint density at radius 3 is 2.89 bits per heavy atom. The Morgan fingerprint density at radius 1 is 1.32 bits per heavy atom. The second-order valence-electron chi connectivity index (χ2n) is 5.54. The first kappa shape index (κ1) is 11.2. The first-order valence-corrected chi connectivity index (χ1v) is 6.84. The van der Waals surface area contributed by atoms with E-state index in [4.69, 9.17) is 4.52 Å². The molecule has 5 heteroatoms. The Balaban J connectivity index is 1.63. The van der Waals surface area contributed by atoms with Gasteiger partial charge in [0.15, 0.2) is 11.6 Å². The average molecular weight is 261 g/mol. The first-order chi connectivity index (χ1) is 9.31. The van der Waals surface area contributed by atoms with Gasteiger partial charge in [0.1, 0.15) is 0 Å². The van der Waals surface area contributed by atoms with Crippen molar-refractivity contribution in [1.29, 1.82) is 0 Å². The van der Waals surface area contributed by atoms with Crippen LogP contribution in [-0.4, -0.2) is 35.7 Å². The van der Waals surface area contributed by atoms with E-state index < -0.39 is 0 Å². The van der Waals surface area contributed by atoms with Gasteiger partial charge in [-0.05, 0) is 44.0 Å². The third-order valence-electron chi connectivity index (χ3n) is 4.43. The van der Waals surface area contributed by atoms with Crippen molar-refractivity contribution in [3.05, 3.63) is 24.0 Å². The monoisotopic (exact) mass is 261 g/mol. The van der Waals surface area contributed by atoms with Crippen LogP contribution in [0.4, 0.5) is 10.2 Å². The standard InChI is InChI=1S/C14H16FN3O/c15-11-3-1-2-10-13(11)19-17-14(10)16-12-8-18-6-4-9(12)5-7-18/h1-3,9,12H,4-8H2,(H,16,17). The molecule has 0 spiro atoms. The third-order valence-corrected chi connectivity index (χ3v) is 4.43. The third kappa shape index (κ3) is 1.80. The molecule has 0 aliphatic carbocycles. The fourth-order valence-electron chi connectivity index (χ4n) is 3.34. The van der Waals surface area contributed by atoms with Crippen LogP contribution in [0.3, 0.4) is 0 Å². The molecule has 1 aromatic heterocycles. The molecule has 100 valence electrons. The number of rotatable bonds is 2. The summed E-state index contributed by atoms with van der Waals surface area (Å²) in [6, 6.07) is 5.33. The minimum atomic E-state index is -0.355. The van der Waals surface area contributed by atoms with E-state index in [2.05, 4.69) is 15.4 Å². The van der Waals surface area contributed by atoms with E-state index in [0.29, 0.717) is 17.8 Å². The van der Waals surface area contributed by atoms with Crippen LogP contribution in [0.2, 0.25) is 0 Å². The van der Waals surface area contributed by atoms with E-state index in [1.54, 1.807) is 6.07 Å². The molecule has 2 bridgehead atoms. The molecule has 1 atom stereocenters. The maximum atomic E-state index is 13.6. The predicted octanol–water partition coefficient (Wildman–Crippen LogP) is 2.47. The highest BCUT2D eigenvalue weighted by atomic mass is 19.1. The predicted molar refractivity (Wildman–Crippen MR) is 70.5 cm³/mol. The normalized spacial score (nSPS) is 29.8. The lowest BCUT2D eigenvalue weighted by molar-refractivity contribution is 0.0973. The summed E-state index contributed by atoms with van der Waals surface area (Å²) in [6.07, 6.45) is 2.48. The zero-order valence-corrected chi connectivity index (χ0v) is 10.6. The van der Waals surface area contributed by atoms with Gasteiger partial charge in [0.25, 0.3) is 0 Å². The van der Waals surface area contributed by atoms with E-state index in [9.17, 15) is 4.39 Å². The van der Waals surface area contributed by atoms with Gasteiger partial charge >= 0.3 is 0 Å². The molecule has 19 heavy (non-hydrogen) atoms. The van der Waals surface area contributed by atoms with E-state index >= 15 is 0 Å². The molecule has 4 nitrogen and oxygen atoms in total. The Morgan fingerprint density at radius 2 is 2.16 bits per heavy atom. The fraction of sp³-hybridized carbons (Fsp3) is 0.500. The average Bonchev–Trinajstić information content (AvgIpc) is 2.85. The first-order valence-electron chi connectivity index (χ1n) is 6.84. The molecule has 1 aromatic carbocycles. The van der Waals surface area contributed by atoms with Gasteiger partial charge in [-0.3, -0.25) is 0 Å². The van der Waals surface area contributed by atoms with Crippen LogP contribution in [0.5, 0.6) is 0 Å². The van der Waals surface area contributed by atoms with Gasteiger partial charge in [0.05, 0.1) is 5.39 Å². The number of hydrogen-bond donors (Lipinski definition) is 1. The molecule has 1 N–H and O–H groups in total. The molecule has 5 rings (SSSR count). The fourth-order valence-corrected chi connectivity index (χ4v) is 3.34. The van der Waals surface area contributed by atoms with Gasteiger partial charge in [-0.15, -0.1) is 0 Å². The number of para-hydroxylation sites is 1. The second-order valence-corrected chi connectivity index (χ2v) is 5.54. The molecule has 3 aliphatic rings. The van der Waals surface area contributed by atoms with Crippen LogP contribution in [0, 0.1) is 11.7 Å². The molecule has 1 unspecified atom stereocenters. The zero-order valence-electron chi connectivity index (χ0n) is 10.6. The lowest BCUT2D eigenvalue weighted by Gasteiger charge is -2.44. The Hall–Kier alpha value is -1.62. The quantitative estimate of drug-likeness (QED) is 0.901. The van der Waals surface area contributed by atoms with Crippen molar-refractivity contribution in [2.75, 3.05) is 25.0 Å². The highest BCUT2D eigenvalue weighted by molar-refractivity contribution is 5.88. The number of nitrogens with one attached hydrogen (secondary N) is 1. The molecular formula is C14H16FN3O. The van der Waals surface area contributed by atoms with Crippen LogP contribution in [0.25, 0.3) is 11.0 Å². The van der Waals surface area contributed by atoms with Crippen molar-refractivity contribution in [1.82, 2.24) is 10.1 Å². The number of anilines is 1. The van der Waals surface area contributed by atoms with Gasteiger partial charge in [-0.1, -0.05) is 11.2 Å². The highest BCUT2D eigenvalue weighted by Crippen LogP contribution is 2.32. The molecular weight excluding hydrogens is 245 g/mol. The summed E-state index contributed by atoms with van der Waals surface area (Å²) < 4.78 is 18.7. The van der Waals surface area contributed by atoms with Crippen molar-refractivity contribution in [2.24, 2.45) is 5.92 Å². The molecule has 3 fully saturated rings. The largest absolute Gasteiger partial charge is 0.362 e. The van der Waals surface area contributed by atoms with Crippen LogP contribution in [0.1, 0.15) is 12.8 Å². The SMILES string of the molecule is Fc1cccc2c(NC3CN4CCC3CC4)noc12. The van der Waals surface area contributed by atoms with Gasteiger partial charge in [0.2, 0.25) is 5.58 Å². The summed E-state index contributed by atoms with van der Waals surface area (Å²) >= 11 is 0. The summed E-state index contributed by atoms with van der Waals surface area (Å²) in [5.41, 5.74) is 0.242. The highest BCUT2D eigenvalue weighted by Gasteiger charge is 2.34. The van der Waals surface area contributed by atoms with Gasteiger partial charge in [-0.2, -0.15) is 0 Å². The smallest absolute Gasteiger partial charge is 0.204 e. The minimum absolute atomic E-state index is 0.242. The Labute approximate surface area is 110 Å². The molecule has 3 saturated heterocycles. The lowest BCUT2D eigenvalue weighted by atomic mass is 9.84. The van der Waals surface area contributed by atoms with Crippen LogP contribution in [0.15, 0.2) is 22.7 Å². The lowest BCUT2D eigenvalue weighted by Crippen LogP contribution is -2.53. The maximum Gasteiger partial charge on any atom is 0.204 e. The van der Waals surface area contributed by atoms with E-state index in [1.165, 1.54) is 32.0 Å². The van der Waals surface area contributed by atoms with Crippen molar-refractivity contribution in [3.63, 3.8) is 0 Å². The number of piperidine rings is 3. The number of halogens is 1. The van der Waals surface area contributed by atoms with Crippen molar-refractivity contribution in [3.8, 4) is 0 Å². The molecule has 3 aliphatic heterocycles. The zero-order chi connectivity index (χ0) is 12.8. The van der Waals surface area contributed by atoms with Gasteiger partial charge < -0.3 is 14.7 Å². The van der Waals surface area contributed by atoms with Gasteiger partial charge in [0, 0.05) is 12.6 Å². The molecule has 4 heterocycles. The van der Waals surface area contributed by atoms with Gasteiger partial charge in [-0.25, -0.2) is 4.39 Å². The number of benzene rings is 1. The minimum Gasteiger partial charge on any atom is -0.362 e. The number of hydrogen-bond acceptors (Lipinski definition) is 4. The summed E-state index contributed by atoms with van der Waals surface area (Å²) in [6.45, 7) is 3.46. The number of fused-ring (bicyclic) bond motifs is 4. The summed E-state index contributed by atoms with van der Waals surface area (Å²) in [5.74, 6) is 1.02. The summed E-state index contributed by atoms with van der Waals surface area (Å²) in [7, 11) is 0. The van der Waals surface area contributed by atoms with E-state index in [1.807, 2.05) is 6.07 Å². The summed E-state index contributed by atoms with van der Waals surface area (Å²) in [4.78, 5) is 2.47. The molecule has 0 amide bonds. The Kier molecular flexibility index (Phi) is 2.48. The second kappa shape index (κ2) is 4.20. The van der Waals surface area contributed by atoms with Crippen molar-refractivity contribution >= 4 is 16.8 Å². The molecule has 0 saturated carbocycles.